The Labute approximate surface area is 258 Å². The van der Waals surface area contributed by atoms with Crippen LogP contribution in [0.15, 0.2) is 144 Å². The van der Waals surface area contributed by atoms with Crippen molar-refractivity contribution in [3.05, 3.63) is 145 Å². The molecule has 4 heterocycles. The number of nitrogens with zero attached hydrogens (tertiary/aromatic N) is 5. The summed E-state index contributed by atoms with van der Waals surface area (Å²) in [7, 11) is 0. The van der Waals surface area contributed by atoms with Gasteiger partial charge in [-0.1, -0.05) is 78.9 Å². The fraction of sp³-hybridized carbons (Fsp3) is 0.0256. The van der Waals surface area contributed by atoms with Gasteiger partial charge in [-0.15, -0.1) is 0 Å². The molecule has 10 rings (SSSR count). The van der Waals surface area contributed by atoms with Crippen LogP contribution in [0.25, 0.3) is 50.3 Å². The maximum absolute atomic E-state index is 6.57. The molecular weight excluding hydrogens is 554 g/mol. The quantitative estimate of drug-likeness (QED) is 0.196. The molecule has 6 heteroatoms. The van der Waals surface area contributed by atoms with Gasteiger partial charge in [-0.25, -0.2) is 0 Å². The van der Waals surface area contributed by atoms with Crippen LogP contribution in [-0.2, 0) is 0 Å². The summed E-state index contributed by atoms with van der Waals surface area (Å²) in [6.45, 7) is 0. The van der Waals surface area contributed by atoms with Crippen LogP contribution in [0.3, 0.4) is 0 Å². The number of hydrogen-bond donors (Lipinski definition) is 0. The minimum Gasteiger partial charge on any atom is -0.455 e. The van der Waals surface area contributed by atoms with E-state index in [2.05, 4.69) is 76.2 Å². The van der Waals surface area contributed by atoms with E-state index in [0.717, 1.165) is 61.4 Å². The van der Waals surface area contributed by atoms with Crippen LogP contribution in [0.4, 0.5) is 23.0 Å². The summed E-state index contributed by atoms with van der Waals surface area (Å²) in [6, 6.07) is 41.4. The third kappa shape index (κ3) is 3.45. The Kier molecular flexibility index (Phi) is 4.96. The first-order valence-corrected chi connectivity index (χ1v) is 15.1. The second-order valence-electron chi connectivity index (χ2n) is 11.5. The van der Waals surface area contributed by atoms with Gasteiger partial charge in [0, 0.05) is 27.5 Å². The number of fused-ring (bicyclic) bond motifs is 9. The maximum Gasteiger partial charge on any atom is 0.442 e. The molecule has 0 spiro atoms. The van der Waals surface area contributed by atoms with Crippen molar-refractivity contribution in [2.45, 2.75) is 6.04 Å². The number of aromatic nitrogens is 3. The third-order valence-corrected chi connectivity index (χ3v) is 8.98. The Bertz CT molecular complexity index is 2380. The van der Waals surface area contributed by atoms with E-state index in [1.54, 1.807) is 0 Å². The molecule has 0 bridgehead atoms. The number of hydrogen-bond acceptors (Lipinski definition) is 5. The minimum atomic E-state index is -0.0733. The Morgan fingerprint density at radius 1 is 0.622 bits per heavy atom. The van der Waals surface area contributed by atoms with Crippen LogP contribution in [0.5, 0.6) is 0 Å². The third-order valence-electron chi connectivity index (χ3n) is 8.98. The molecule has 0 radical (unpaired) electrons. The van der Waals surface area contributed by atoms with Gasteiger partial charge in [-0.05, 0) is 76.2 Å². The molecular formula is C39H24N5O+. The molecule has 45 heavy (non-hydrogen) atoms. The summed E-state index contributed by atoms with van der Waals surface area (Å²) in [5, 5.41) is 2.26. The molecule has 6 nitrogen and oxygen atoms in total. The van der Waals surface area contributed by atoms with Crippen LogP contribution in [0.1, 0.15) is 5.56 Å². The molecule has 2 aliphatic heterocycles. The number of rotatable bonds is 3. The Morgan fingerprint density at radius 2 is 1.31 bits per heavy atom. The van der Waals surface area contributed by atoms with E-state index in [9.17, 15) is 0 Å². The van der Waals surface area contributed by atoms with Crippen molar-refractivity contribution < 1.29 is 4.42 Å². The minimum absolute atomic E-state index is 0.0733. The van der Waals surface area contributed by atoms with Gasteiger partial charge in [0.2, 0.25) is 11.6 Å². The molecule has 0 amide bonds. The smallest absolute Gasteiger partial charge is 0.442 e. The summed E-state index contributed by atoms with van der Waals surface area (Å²) < 4.78 is 8.78. The predicted molar refractivity (Wildman–Crippen MR) is 180 cm³/mol. The van der Waals surface area contributed by atoms with Crippen LogP contribution in [0, 0.1) is 0 Å². The van der Waals surface area contributed by atoms with Crippen molar-refractivity contribution in [1.82, 2.24) is 19.5 Å². The second kappa shape index (κ2) is 9.18. The SMILES string of the molecule is C1=CC2=[N+](c3nc(-c4ccccc4)nc(-c4ccccc4)n3)c3ccccc3N3c4ccc5c(oc6ccccc65)c4C(=C1)C23. The van der Waals surface area contributed by atoms with E-state index in [0.29, 0.717) is 17.6 Å². The van der Waals surface area contributed by atoms with Crippen molar-refractivity contribution in [2.24, 2.45) is 0 Å². The molecule has 3 aliphatic rings. The summed E-state index contributed by atoms with van der Waals surface area (Å²) in [4.78, 5) is 17.7. The molecule has 1 atom stereocenters. The fourth-order valence-corrected chi connectivity index (χ4v) is 7.06. The molecule has 1 aliphatic carbocycles. The van der Waals surface area contributed by atoms with E-state index in [-0.39, 0.29) is 6.04 Å². The number of benzene rings is 5. The van der Waals surface area contributed by atoms with Gasteiger partial charge in [0.1, 0.15) is 28.6 Å². The molecule has 2 aromatic heterocycles. The number of furan rings is 1. The summed E-state index contributed by atoms with van der Waals surface area (Å²) in [5.74, 6) is 1.85. The zero-order valence-corrected chi connectivity index (χ0v) is 24.0. The average molecular weight is 579 g/mol. The lowest BCUT2D eigenvalue weighted by Crippen LogP contribution is -2.43. The van der Waals surface area contributed by atoms with Crippen molar-refractivity contribution in [1.29, 1.82) is 0 Å². The van der Waals surface area contributed by atoms with Gasteiger partial charge in [-0.2, -0.15) is 9.56 Å². The molecule has 0 N–H and O–H groups in total. The lowest BCUT2D eigenvalue weighted by Gasteiger charge is -2.35. The highest BCUT2D eigenvalue weighted by atomic mass is 16.3. The Balaban J connectivity index is 1.25. The van der Waals surface area contributed by atoms with E-state index in [4.69, 9.17) is 19.4 Å². The van der Waals surface area contributed by atoms with Crippen molar-refractivity contribution in [2.75, 3.05) is 4.90 Å². The van der Waals surface area contributed by atoms with E-state index in [1.165, 1.54) is 5.57 Å². The highest BCUT2D eigenvalue weighted by Gasteiger charge is 2.47. The van der Waals surface area contributed by atoms with Gasteiger partial charge < -0.3 is 9.32 Å². The monoisotopic (exact) mass is 578 g/mol. The molecule has 1 unspecified atom stereocenters. The Morgan fingerprint density at radius 3 is 2.09 bits per heavy atom. The Hall–Kier alpha value is -6.14. The topological polar surface area (TPSA) is 58.1 Å². The average Bonchev–Trinajstić information content (AvgIpc) is 3.66. The summed E-state index contributed by atoms with van der Waals surface area (Å²) in [5.41, 5.74) is 10.4. The van der Waals surface area contributed by atoms with Crippen LogP contribution < -0.4 is 9.48 Å². The highest BCUT2D eigenvalue weighted by Crippen LogP contribution is 2.54. The molecule has 7 aromatic rings. The van der Waals surface area contributed by atoms with Gasteiger partial charge >= 0.3 is 5.95 Å². The first kappa shape index (κ1) is 24.3. The van der Waals surface area contributed by atoms with E-state index in [1.807, 2.05) is 72.8 Å². The molecule has 0 saturated heterocycles. The molecule has 0 fully saturated rings. The standard InChI is InChI=1S/C39H24N5O/c1-3-12-24(13-4-1)37-40-38(25-14-5-2-6-15-25)42-39(41-37)44-30-19-9-8-18-29(30)43-31-23-22-27-26-16-7-10-21-33(26)45-36(27)34(31)28-17-11-20-32(44)35(28)43/h1-23,35H/q+1. The van der Waals surface area contributed by atoms with Crippen LogP contribution in [-0.4, -0.2) is 26.7 Å². The predicted octanol–water partition coefficient (Wildman–Crippen LogP) is 8.87. The molecule has 210 valence electrons. The van der Waals surface area contributed by atoms with Crippen molar-refractivity contribution in [3.8, 4) is 22.8 Å². The van der Waals surface area contributed by atoms with Crippen LogP contribution >= 0.6 is 0 Å². The summed E-state index contributed by atoms with van der Waals surface area (Å²) in [6.07, 6.45) is 6.55. The highest BCUT2D eigenvalue weighted by molar-refractivity contribution is 6.24. The van der Waals surface area contributed by atoms with Crippen molar-refractivity contribution in [3.63, 3.8) is 0 Å². The zero-order chi connectivity index (χ0) is 29.5. The molecule has 5 aromatic carbocycles. The number of allylic oxidation sites excluding steroid dienone is 2. The maximum atomic E-state index is 6.57. The molecule has 0 saturated carbocycles. The van der Waals surface area contributed by atoms with E-state index < -0.39 is 0 Å². The summed E-state index contributed by atoms with van der Waals surface area (Å²) >= 11 is 0. The first-order valence-electron chi connectivity index (χ1n) is 15.1. The van der Waals surface area contributed by atoms with Gasteiger partial charge in [0.25, 0.3) is 0 Å². The lowest BCUT2D eigenvalue weighted by molar-refractivity contribution is 0.668. The fourth-order valence-electron chi connectivity index (χ4n) is 7.06. The second-order valence-corrected chi connectivity index (χ2v) is 11.5. The van der Waals surface area contributed by atoms with Crippen molar-refractivity contribution >= 4 is 56.2 Å². The number of para-hydroxylation sites is 3. The number of anilines is 2. The lowest BCUT2D eigenvalue weighted by atomic mass is 9.92. The zero-order valence-electron chi connectivity index (χ0n) is 24.0. The van der Waals surface area contributed by atoms with E-state index >= 15 is 0 Å². The normalized spacial score (nSPS) is 16.1. The van der Waals surface area contributed by atoms with Crippen LogP contribution in [0.2, 0.25) is 0 Å². The van der Waals surface area contributed by atoms with Gasteiger partial charge in [-0.3, -0.25) is 0 Å². The largest absolute Gasteiger partial charge is 0.455 e. The first-order chi connectivity index (χ1) is 22.3. The van der Waals surface area contributed by atoms with Gasteiger partial charge in [0.15, 0.2) is 0 Å². The van der Waals surface area contributed by atoms with Gasteiger partial charge in [0.05, 0.1) is 11.4 Å².